The number of amides is 1. The van der Waals surface area contributed by atoms with E-state index in [2.05, 4.69) is 58.4 Å². The third-order valence-corrected chi connectivity index (χ3v) is 9.05. The number of aromatic nitrogens is 3. The number of fused-ring (bicyclic) bond motifs is 1. The van der Waals surface area contributed by atoms with Crippen molar-refractivity contribution in [1.29, 1.82) is 0 Å². The van der Waals surface area contributed by atoms with Crippen LogP contribution < -0.4 is 5.56 Å². The maximum Gasteiger partial charge on any atom is 0.262 e. The van der Waals surface area contributed by atoms with Gasteiger partial charge in [-0.25, -0.2) is 4.98 Å². The van der Waals surface area contributed by atoms with Crippen molar-refractivity contribution >= 4 is 16.9 Å². The summed E-state index contributed by atoms with van der Waals surface area (Å²) in [6.45, 7) is 6.50. The second kappa shape index (κ2) is 11.6. The standard InChI is InChI=1S/C33H39N5O3/c1-2-36-18-14-28-30(36)34-24-38(32(28)40)23-33(41)15-19-37(20-16-33)31(39)27-13-17-35(21-25-9-5-3-6-10-25)22-29(27)26-11-7-4-8-12-26/h3-12,14,18,24,27,29,41H,2,13,15-17,19-23H2,1H3. The topological polar surface area (TPSA) is 83.6 Å². The number of carbonyl (C=O) groups excluding carboxylic acids is 1. The second-order valence-corrected chi connectivity index (χ2v) is 11.7. The Labute approximate surface area is 240 Å². The summed E-state index contributed by atoms with van der Waals surface area (Å²) in [5.41, 5.74) is 1.97. The van der Waals surface area contributed by atoms with E-state index >= 15 is 0 Å². The molecule has 4 heterocycles. The van der Waals surface area contributed by atoms with Crippen molar-refractivity contribution in [3.05, 3.63) is 101 Å². The Bertz CT molecular complexity index is 1540. The van der Waals surface area contributed by atoms with Gasteiger partial charge in [0.2, 0.25) is 5.91 Å². The lowest BCUT2D eigenvalue weighted by molar-refractivity contribution is -0.142. The van der Waals surface area contributed by atoms with Crippen LogP contribution in [0.3, 0.4) is 0 Å². The number of likely N-dealkylation sites (tertiary alicyclic amines) is 2. The third kappa shape index (κ3) is 5.72. The van der Waals surface area contributed by atoms with Gasteiger partial charge in [-0.1, -0.05) is 60.7 Å². The van der Waals surface area contributed by atoms with E-state index in [0.29, 0.717) is 37.0 Å². The number of rotatable bonds is 7. The lowest BCUT2D eigenvalue weighted by Crippen LogP contribution is -2.53. The van der Waals surface area contributed by atoms with Gasteiger partial charge in [0.1, 0.15) is 12.0 Å². The monoisotopic (exact) mass is 553 g/mol. The average molecular weight is 554 g/mol. The molecule has 2 unspecified atom stereocenters. The summed E-state index contributed by atoms with van der Waals surface area (Å²) < 4.78 is 3.46. The second-order valence-electron chi connectivity index (χ2n) is 11.7. The maximum atomic E-state index is 14.0. The first-order valence-corrected chi connectivity index (χ1v) is 14.8. The Morgan fingerprint density at radius 3 is 2.39 bits per heavy atom. The molecule has 2 aromatic carbocycles. The SMILES string of the molecule is CCn1ccc2c(=O)n(CC3(O)CCN(C(=O)C4CCN(Cc5ccccc5)CC4c4ccccc4)CC3)cnc21. The Morgan fingerprint density at radius 1 is 0.976 bits per heavy atom. The highest BCUT2D eigenvalue weighted by Gasteiger charge is 2.40. The van der Waals surface area contributed by atoms with Crippen LogP contribution in [0.1, 0.15) is 43.2 Å². The summed E-state index contributed by atoms with van der Waals surface area (Å²) in [7, 11) is 0. The molecular weight excluding hydrogens is 514 g/mol. The molecule has 1 N–H and O–H groups in total. The zero-order valence-electron chi connectivity index (χ0n) is 23.7. The van der Waals surface area contributed by atoms with Gasteiger partial charge in [-0.05, 0) is 49.9 Å². The van der Waals surface area contributed by atoms with Crippen molar-refractivity contribution in [2.24, 2.45) is 5.92 Å². The zero-order valence-corrected chi connectivity index (χ0v) is 23.7. The Kier molecular flexibility index (Phi) is 7.77. The summed E-state index contributed by atoms with van der Waals surface area (Å²) in [5, 5.41) is 12.0. The van der Waals surface area contributed by atoms with Crippen LogP contribution in [0.4, 0.5) is 0 Å². The van der Waals surface area contributed by atoms with E-state index < -0.39 is 5.60 Å². The van der Waals surface area contributed by atoms with Gasteiger partial charge in [-0.3, -0.25) is 19.1 Å². The van der Waals surface area contributed by atoms with Crippen LogP contribution in [0, 0.1) is 5.92 Å². The molecule has 2 atom stereocenters. The molecule has 2 saturated heterocycles. The summed E-state index contributed by atoms with van der Waals surface area (Å²) in [4.78, 5) is 35.9. The van der Waals surface area contributed by atoms with Gasteiger partial charge < -0.3 is 14.6 Å². The fourth-order valence-corrected chi connectivity index (χ4v) is 6.67. The van der Waals surface area contributed by atoms with Crippen molar-refractivity contribution in [3.8, 4) is 0 Å². The highest BCUT2D eigenvalue weighted by molar-refractivity contribution is 5.80. The number of piperidine rings is 2. The molecule has 1 amide bonds. The lowest BCUT2D eigenvalue weighted by Gasteiger charge is -2.43. The highest BCUT2D eigenvalue weighted by atomic mass is 16.3. The van der Waals surface area contributed by atoms with Crippen LogP contribution in [0.5, 0.6) is 0 Å². The van der Waals surface area contributed by atoms with Crippen LogP contribution in [0.2, 0.25) is 0 Å². The summed E-state index contributed by atoms with van der Waals surface area (Å²) in [6.07, 6.45) is 5.09. The van der Waals surface area contributed by atoms with E-state index in [1.54, 1.807) is 12.4 Å². The van der Waals surface area contributed by atoms with E-state index in [4.69, 9.17) is 0 Å². The lowest BCUT2D eigenvalue weighted by atomic mass is 9.79. The zero-order chi connectivity index (χ0) is 28.4. The summed E-state index contributed by atoms with van der Waals surface area (Å²) in [5.74, 6) is 0.211. The van der Waals surface area contributed by atoms with Gasteiger partial charge in [-0.2, -0.15) is 0 Å². The number of carbonyl (C=O) groups is 1. The third-order valence-electron chi connectivity index (χ3n) is 9.05. The molecular formula is C33H39N5O3. The number of aliphatic hydroxyl groups is 1. The molecule has 41 heavy (non-hydrogen) atoms. The number of hydrogen-bond donors (Lipinski definition) is 1. The van der Waals surface area contributed by atoms with Gasteiger partial charge >= 0.3 is 0 Å². The first-order chi connectivity index (χ1) is 19.9. The summed E-state index contributed by atoms with van der Waals surface area (Å²) in [6, 6.07) is 22.7. The average Bonchev–Trinajstić information content (AvgIpc) is 3.44. The van der Waals surface area contributed by atoms with Crippen LogP contribution in [0.15, 0.2) is 84.0 Å². The molecule has 2 aliphatic rings. The molecule has 0 saturated carbocycles. The first-order valence-electron chi connectivity index (χ1n) is 14.8. The van der Waals surface area contributed by atoms with Crippen LogP contribution in [-0.4, -0.2) is 66.7 Å². The molecule has 2 aliphatic heterocycles. The van der Waals surface area contributed by atoms with Crippen LogP contribution >= 0.6 is 0 Å². The molecule has 4 aromatic rings. The van der Waals surface area contributed by atoms with Gasteiger partial charge in [0.05, 0.1) is 17.5 Å². The molecule has 214 valence electrons. The molecule has 8 heteroatoms. The smallest absolute Gasteiger partial charge is 0.262 e. The fraction of sp³-hybridized carbons (Fsp3) is 0.424. The predicted octanol–water partition coefficient (Wildman–Crippen LogP) is 3.88. The molecule has 6 rings (SSSR count). The van der Waals surface area contributed by atoms with E-state index in [1.165, 1.54) is 15.7 Å². The minimum Gasteiger partial charge on any atom is -0.388 e. The molecule has 2 aromatic heterocycles. The molecule has 0 aliphatic carbocycles. The van der Waals surface area contributed by atoms with Crippen LogP contribution in [0.25, 0.3) is 11.0 Å². The van der Waals surface area contributed by atoms with Crippen molar-refractivity contribution in [2.75, 3.05) is 26.2 Å². The Balaban J connectivity index is 1.13. The van der Waals surface area contributed by atoms with E-state index in [1.807, 2.05) is 34.7 Å². The maximum absolute atomic E-state index is 14.0. The van der Waals surface area contributed by atoms with Crippen molar-refractivity contribution in [2.45, 2.75) is 57.3 Å². The first kappa shape index (κ1) is 27.4. The minimum absolute atomic E-state index is 0.0903. The van der Waals surface area contributed by atoms with Gasteiger partial charge in [0, 0.05) is 50.8 Å². The minimum atomic E-state index is -1.05. The van der Waals surface area contributed by atoms with E-state index in [0.717, 1.165) is 32.6 Å². The van der Waals surface area contributed by atoms with Gasteiger partial charge in [-0.15, -0.1) is 0 Å². The number of aryl methyl sites for hydroxylation is 1. The van der Waals surface area contributed by atoms with Crippen molar-refractivity contribution < 1.29 is 9.90 Å². The van der Waals surface area contributed by atoms with Gasteiger partial charge in [0.15, 0.2) is 0 Å². The van der Waals surface area contributed by atoms with Gasteiger partial charge in [0.25, 0.3) is 5.56 Å². The Hall–Kier alpha value is -3.75. The molecule has 0 radical (unpaired) electrons. The molecule has 8 nitrogen and oxygen atoms in total. The Morgan fingerprint density at radius 2 is 1.68 bits per heavy atom. The fourth-order valence-electron chi connectivity index (χ4n) is 6.67. The molecule has 2 fully saturated rings. The van der Waals surface area contributed by atoms with E-state index in [9.17, 15) is 14.7 Å². The molecule has 0 spiro atoms. The quantitative estimate of drug-likeness (QED) is 0.376. The number of benzene rings is 2. The van der Waals surface area contributed by atoms with Crippen molar-refractivity contribution in [3.63, 3.8) is 0 Å². The largest absolute Gasteiger partial charge is 0.388 e. The predicted molar refractivity (Wildman–Crippen MR) is 159 cm³/mol. The number of hydrogen-bond acceptors (Lipinski definition) is 5. The number of nitrogens with zero attached hydrogens (tertiary/aromatic N) is 5. The normalized spacial score (nSPS) is 21.3. The molecule has 0 bridgehead atoms. The highest BCUT2D eigenvalue weighted by Crippen LogP contribution is 2.36. The van der Waals surface area contributed by atoms with Crippen LogP contribution in [-0.2, 0) is 24.4 Å². The van der Waals surface area contributed by atoms with Crippen molar-refractivity contribution in [1.82, 2.24) is 23.9 Å². The van der Waals surface area contributed by atoms with E-state index in [-0.39, 0.29) is 29.8 Å². The summed E-state index contributed by atoms with van der Waals surface area (Å²) >= 11 is 0.